The van der Waals surface area contributed by atoms with E-state index in [-0.39, 0.29) is 12.4 Å². The molecule has 1 aliphatic rings. The van der Waals surface area contributed by atoms with Gasteiger partial charge in [0.2, 0.25) is 10.0 Å². The van der Waals surface area contributed by atoms with E-state index in [2.05, 4.69) is 10.0 Å². The van der Waals surface area contributed by atoms with E-state index in [0.717, 1.165) is 24.4 Å². The zero-order chi connectivity index (χ0) is 13.0. The van der Waals surface area contributed by atoms with E-state index in [1.165, 1.54) is 0 Å². The molecular formula is C12H19ClN2O2S2. The number of sulfonamides is 1. The molecule has 19 heavy (non-hydrogen) atoms. The monoisotopic (exact) mass is 322 g/mol. The van der Waals surface area contributed by atoms with Crippen molar-refractivity contribution in [3.05, 3.63) is 24.3 Å². The second kappa shape index (κ2) is 7.50. The molecule has 1 unspecified atom stereocenters. The van der Waals surface area contributed by atoms with Crippen LogP contribution in [0.3, 0.4) is 0 Å². The highest BCUT2D eigenvalue weighted by atomic mass is 35.5. The molecule has 0 spiro atoms. The summed E-state index contributed by atoms with van der Waals surface area (Å²) in [6, 6.07) is 7.02. The predicted molar refractivity (Wildman–Crippen MR) is 81.6 cm³/mol. The highest BCUT2D eigenvalue weighted by Crippen LogP contribution is 2.19. The summed E-state index contributed by atoms with van der Waals surface area (Å²) < 4.78 is 26.9. The number of hydrogen-bond donors (Lipinski definition) is 2. The van der Waals surface area contributed by atoms with Crippen LogP contribution in [0.15, 0.2) is 34.1 Å². The number of rotatable bonds is 5. The Hall–Kier alpha value is -0.270. The summed E-state index contributed by atoms with van der Waals surface area (Å²) in [5.41, 5.74) is 0. The van der Waals surface area contributed by atoms with Crippen LogP contribution in [0.2, 0.25) is 0 Å². The summed E-state index contributed by atoms with van der Waals surface area (Å²) in [6.45, 7) is 2.39. The van der Waals surface area contributed by atoms with Crippen LogP contribution >= 0.6 is 24.2 Å². The molecule has 1 saturated heterocycles. The average Bonchev–Trinajstić information content (AvgIpc) is 2.90. The third-order valence-corrected chi connectivity index (χ3v) is 5.22. The van der Waals surface area contributed by atoms with Crippen molar-refractivity contribution in [1.82, 2.24) is 10.0 Å². The number of benzene rings is 1. The van der Waals surface area contributed by atoms with E-state index in [1.54, 1.807) is 30.0 Å². The van der Waals surface area contributed by atoms with E-state index in [4.69, 9.17) is 0 Å². The number of nitrogens with one attached hydrogen (secondary N) is 2. The molecule has 0 amide bonds. The molecule has 2 rings (SSSR count). The van der Waals surface area contributed by atoms with Crippen molar-refractivity contribution in [2.75, 3.05) is 25.9 Å². The summed E-state index contributed by atoms with van der Waals surface area (Å²) in [5.74, 6) is 0.406. The Balaban J connectivity index is 0.00000180. The van der Waals surface area contributed by atoms with E-state index in [9.17, 15) is 8.42 Å². The molecule has 1 fully saturated rings. The second-order valence-corrected chi connectivity index (χ2v) is 7.04. The molecule has 1 aromatic carbocycles. The summed E-state index contributed by atoms with van der Waals surface area (Å²) >= 11 is 1.54. The first-order valence-corrected chi connectivity index (χ1v) is 8.67. The Bertz CT molecular complexity index is 502. The highest BCUT2D eigenvalue weighted by molar-refractivity contribution is 7.98. The van der Waals surface area contributed by atoms with Gasteiger partial charge in [0, 0.05) is 11.4 Å². The topological polar surface area (TPSA) is 58.2 Å². The molecule has 0 bridgehead atoms. The SMILES string of the molecule is CSc1cccc(S(=O)(=O)NCC2CCNC2)c1.Cl. The van der Waals surface area contributed by atoms with Crippen molar-refractivity contribution in [2.45, 2.75) is 16.2 Å². The Morgan fingerprint density at radius 2 is 2.26 bits per heavy atom. The van der Waals surface area contributed by atoms with Crippen LogP contribution in [-0.4, -0.2) is 34.3 Å². The minimum atomic E-state index is -3.37. The zero-order valence-corrected chi connectivity index (χ0v) is 13.2. The van der Waals surface area contributed by atoms with Crippen LogP contribution < -0.4 is 10.0 Å². The molecule has 7 heteroatoms. The van der Waals surface area contributed by atoms with Crippen LogP contribution in [0.4, 0.5) is 0 Å². The number of hydrogen-bond acceptors (Lipinski definition) is 4. The normalized spacial score (nSPS) is 19.1. The molecule has 108 valence electrons. The molecular weight excluding hydrogens is 304 g/mol. The molecule has 4 nitrogen and oxygen atoms in total. The van der Waals surface area contributed by atoms with E-state index in [0.29, 0.717) is 17.4 Å². The largest absolute Gasteiger partial charge is 0.316 e. The Labute approximate surface area is 125 Å². The minimum Gasteiger partial charge on any atom is -0.316 e. The fourth-order valence-electron chi connectivity index (χ4n) is 1.97. The Kier molecular flexibility index (Phi) is 6.62. The predicted octanol–water partition coefficient (Wildman–Crippen LogP) is 1.72. The molecule has 0 saturated carbocycles. The van der Waals surface area contributed by atoms with E-state index >= 15 is 0 Å². The Morgan fingerprint density at radius 3 is 2.89 bits per heavy atom. The summed E-state index contributed by atoms with van der Waals surface area (Å²) in [6.07, 6.45) is 2.97. The van der Waals surface area contributed by atoms with E-state index in [1.807, 2.05) is 12.3 Å². The molecule has 0 aliphatic carbocycles. The Morgan fingerprint density at radius 1 is 1.47 bits per heavy atom. The third kappa shape index (κ3) is 4.65. The van der Waals surface area contributed by atoms with Crippen LogP contribution in [0.25, 0.3) is 0 Å². The number of halogens is 1. The first kappa shape index (κ1) is 16.8. The van der Waals surface area contributed by atoms with Gasteiger partial charge >= 0.3 is 0 Å². The van der Waals surface area contributed by atoms with Crippen LogP contribution in [0.5, 0.6) is 0 Å². The van der Waals surface area contributed by atoms with Gasteiger partial charge in [-0.15, -0.1) is 24.2 Å². The molecule has 1 aliphatic heterocycles. The third-order valence-electron chi connectivity index (χ3n) is 3.08. The first-order valence-electron chi connectivity index (χ1n) is 5.96. The van der Waals surface area contributed by atoms with Gasteiger partial charge in [0.25, 0.3) is 0 Å². The smallest absolute Gasteiger partial charge is 0.240 e. The fraction of sp³-hybridized carbons (Fsp3) is 0.500. The lowest BCUT2D eigenvalue weighted by molar-refractivity contribution is 0.538. The van der Waals surface area contributed by atoms with Crippen LogP contribution in [-0.2, 0) is 10.0 Å². The van der Waals surface area contributed by atoms with Crippen molar-refractivity contribution >= 4 is 34.2 Å². The molecule has 0 aromatic heterocycles. The summed E-state index contributed by atoms with van der Waals surface area (Å²) in [5, 5.41) is 3.23. The zero-order valence-electron chi connectivity index (χ0n) is 10.8. The molecule has 2 N–H and O–H groups in total. The van der Waals surface area contributed by atoms with Crippen molar-refractivity contribution in [3.8, 4) is 0 Å². The van der Waals surface area contributed by atoms with Crippen molar-refractivity contribution in [3.63, 3.8) is 0 Å². The van der Waals surface area contributed by atoms with E-state index < -0.39 is 10.0 Å². The van der Waals surface area contributed by atoms with Gasteiger partial charge in [-0.2, -0.15) is 0 Å². The summed E-state index contributed by atoms with van der Waals surface area (Å²) in [4.78, 5) is 1.31. The van der Waals surface area contributed by atoms with Crippen molar-refractivity contribution < 1.29 is 8.42 Å². The van der Waals surface area contributed by atoms with Gasteiger partial charge < -0.3 is 5.32 Å². The van der Waals surface area contributed by atoms with Crippen molar-refractivity contribution in [2.24, 2.45) is 5.92 Å². The van der Waals surface area contributed by atoms with Gasteiger partial charge in [-0.3, -0.25) is 0 Å². The first-order chi connectivity index (χ1) is 8.62. The lowest BCUT2D eigenvalue weighted by Crippen LogP contribution is -2.30. The standard InChI is InChI=1S/C12H18N2O2S2.ClH/c1-17-11-3-2-4-12(7-11)18(15,16)14-9-10-5-6-13-8-10;/h2-4,7,10,13-14H,5-6,8-9H2,1H3;1H. The lowest BCUT2D eigenvalue weighted by atomic mass is 10.1. The maximum absolute atomic E-state index is 12.1. The lowest BCUT2D eigenvalue weighted by Gasteiger charge is -2.11. The van der Waals surface area contributed by atoms with Gasteiger partial charge in [0.15, 0.2) is 0 Å². The van der Waals surface area contributed by atoms with Gasteiger partial charge in [-0.05, 0) is 49.9 Å². The maximum atomic E-state index is 12.1. The fourth-order valence-corrected chi connectivity index (χ4v) is 3.66. The quantitative estimate of drug-likeness (QED) is 0.810. The van der Waals surface area contributed by atoms with Gasteiger partial charge in [-0.25, -0.2) is 13.1 Å². The molecule has 1 aromatic rings. The minimum absolute atomic E-state index is 0. The second-order valence-electron chi connectivity index (χ2n) is 4.39. The van der Waals surface area contributed by atoms with Crippen LogP contribution in [0.1, 0.15) is 6.42 Å². The highest BCUT2D eigenvalue weighted by Gasteiger charge is 2.19. The average molecular weight is 323 g/mol. The maximum Gasteiger partial charge on any atom is 0.240 e. The van der Waals surface area contributed by atoms with Gasteiger partial charge in [0.1, 0.15) is 0 Å². The van der Waals surface area contributed by atoms with Gasteiger partial charge in [0.05, 0.1) is 4.90 Å². The molecule has 1 heterocycles. The van der Waals surface area contributed by atoms with Crippen LogP contribution in [0, 0.1) is 5.92 Å². The van der Waals surface area contributed by atoms with Gasteiger partial charge in [-0.1, -0.05) is 6.07 Å². The number of thioether (sulfide) groups is 1. The molecule has 0 radical (unpaired) electrons. The molecule has 1 atom stereocenters. The van der Waals surface area contributed by atoms with Crippen molar-refractivity contribution in [1.29, 1.82) is 0 Å². The summed E-state index contributed by atoms with van der Waals surface area (Å²) in [7, 11) is -3.37.